The number of amides is 2. The number of nitrogens with one attached hydrogen (secondary N) is 1. The van der Waals surface area contributed by atoms with Crippen molar-refractivity contribution in [1.29, 1.82) is 0 Å². The third kappa shape index (κ3) is 6.59. The van der Waals surface area contributed by atoms with E-state index in [2.05, 4.69) is 20.0 Å². The van der Waals surface area contributed by atoms with Crippen LogP contribution in [-0.2, 0) is 15.1 Å². The molecule has 1 aliphatic carbocycles. The van der Waals surface area contributed by atoms with E-state index in [-0.39, 0.29) is 24.5 Å². The van der Waals surface area contributed by atoms with E-state index < -0.39 is 71.4 Å². The molecule has 7 nitrogen and oxygen atoms in total. The minimum absolute atomic E-state index is 0.118. The molecule has 1 saturated carbocycles. The lowest BCUT2D eigenvalue weighted by molar-refractivity contribution is -0.274. The molecule has 1 heterocycles. The fraction of sp³-hybridized carbons (Fsp3) is 0.455. The fourth-order valence-corrected chi connectivity index (χ4v) is 4.06. The summed E-state index contributed by atoms with van der Waals surface area (Å²) in [5.74, 6) is -8.06. The highest BCUT2D eigenvalue weighted by Gasteiger charge is 2.49. The Morgan fingerprint density at radius 3 is 2.30 bits per heavy atom. The van der Waals surface area contributed by atoms with E-state index >= 15 is 4.39 Å². The van der Waals surface area contributed by atoms with Crippen molar-refractivity contribution in [3.8, 4) is 5.75 Å². The lowest BCUT2D eigenvalue weighted by Crippen LogP contribution is -2.60. The van der Waals surface area contributed by atoms with Gasteiger partial charge in [-0.05, 0) is 31.9 Å². The van der Waals surface area contributed by atoms with Gasteiger partial charge in [-0.1, -0.05) is 11.6 Å². The van der Waals surface area contributed by atoms with Gasteiger partial charge in [-0.25, -0.2) is 27.5 Å². The first-order valence-corrected chi connectivity index (χ1v) is 11.2. The number of alkyl halides is 7. The van der Waals surface area contributed by atoms with E-state index in [4.69, 9.17) is 11.6 Å². The maximum Gasteiger partial charge on any atom is 0.573 e. The summed E-state index contributed by atoms with van der Waals surface area (Å²) in [6.45, 7) is 1.08. The van der Waals surface area contributed by atoms with Crippen LogP contribution < -0.4 is 15.0 Å². The van der Waals surface area contributed by atoms with Crippen LogP contribution in [0.1, 0.15) is 38.2 Å². The second-order valence-corrected chi connectivity index (χ2v) is 8.82. The Hall–Kier alpha value is -3.16. The van der Waals surface area contributed by atoms with Crippen molar-refractivity contribution in [2.24, 2.45) is 0 Å². The van der Waals surface area contributed by atoms with E-state index in [9.17, 15) is 35.9 Å². The molecule has 1 fully saturated rings. The molecule has 37 heavy (non-hydrogen) atoms. The maximum atomic E-state index is 15.1. The molecule has 2 atom stereocenters. The summed E-state index contributed by atoms with van der Waals surface area (Å²) in [4.78, 5) is 34.4. The zero-order chi connectivity index (χ0) is 27.6. The highest BCUT2D eigenvalue weighted by atomic mass is 35.5. The number of rotatable bonds is 7. The maximum absolute atomic E-state index is 15.1. The molecule has 2 aromatic rings. The van der Waals surface area contributed by atoms with Gasteiger partial charge in [0.2, 0.25) is 5.92 Å². The van der Waals surface area contributed by atoms with E-state index in [1.165, 1.54) is 0 Å². The van der Waals surface area contributed by atoms with Crippen LogP contribution in [0.25, 0.3) is 0 Å². The van der Waals surface area contributed by atoms with Crippen molar-refractivity contribution in [3.63, 3.8) is 0 Å². The molecule has 0 unspecified atom stereocenters. The van der Waals surface area contributed by atoms with Crippen molar-refractivity contribution in [2.75, 3.05) is 4.90 Å². The molecule has 0 saturated heterocycles. The molecule has 1 aromatic heterocycles. The average Bonchev–Trinajstić information content (AvgIpc) is 2.81. The number of carbonyl (C=O) groups excluding carboxylic acids is 2. The summed E-state index contributed by atoms with van der Waals surface area (Å²) >= 11 is 5.37. The molecular weight excluding hydrogens is 537 g/mol. The lowest BCUT2D eigenvalue weighted by atomic mass is 9.87. The van der Waals surface area contributed by atoms with Gasteiger partial charge in [-0.3, -0.25) is 14.5 Å². The molecule has 0 spiro atoms. The van der Waals surface area contributed by atoms with Crippen molar-refractivity contribution < 1.29 is 45.1 Å². The van der Waals surface area contributed by atoms with Gasteiger partial charge in [0.1, 0.15) is 12.1 Å². The van der Waals surface area contributed by atoms with Crippen LogP contribution in [-0.4, -0.2) is 45.7 Å². The van der Waals surface area contributed by atoms with Crippen molar-refractivity contribution in [1.82, 2.24) is 15.3 Å². The molecule has 1 N–H and O–H groups in total. The molecule has 0 radical (unpaired) electrons. The topological polar surface area (TPSA) is 84.4 Å². The molecular formula is C22H20ClF7N4O3. The predicted octanol–water partition coefficient (Wildman–Crippen LogP) is 4.99. The molecule has 3 rings (SSSR count). The molecule has 0 bridgehead atoms. The van der Waals surface area contributed by atoms with Gasteiger partial charge in [0.15, 0.2) is 11.4 Å². The zero-order valence-electron chi connectivity index (χ0n) is 19.0. The van der Waals surface area contributed by atoms with Crippen LogP contribution >= 0.6 is 11.6 Å². The van der Waals surface area contributed by atoms with Crippen LogP contribution in [0, 0.1) is 5.82 Å². The quantitative estimate of drug-likeness (QED) is 0.384. The third-order valence-corrected chi connectivity index (χ3v) is 6.05. The number of hydrogen-bond acceptors (Lipinski definition) is 5. The van der Waals surface area contributed by atoms with E-state index in [1.54, 1.807) is 0 Å². The largest absolute Gasteiger partial charge is 0.573 e. The minimum Gasteiger partial charge on any atom is -0.406 e. The number of benzene rings is 1. The second-order valence-electron chi connectivity index (χ2n) is 8.44. The van der Waals surface area contributed by atoms with Gasteiger partial charge < -0.3 is 10.1 Å². The summed E-state index contributed by atoms with van der Waals surface area (Å²) in [7, 11) is 0. The summed E-state index contributed by atoms with van der Waals surface area (Å²) in [5, 5.41) is 2.52. The Bertz CT molecular complexity index is 1130. The number of anilines is 1. The monoisotopic (exact) mass is 556 g/mol. The van der Waals surface area contributed by atoms with Gasteiger partial charge in [-0.2, -0.15) is 0 Å². The summed E-state index contributed by atoms with van der Waals surface area (Å²) in [6.07, 6.45) is -3.22. The number of halogens is 8. The Labute approximate surface area is 211 Å². The number of nitrogens with zero attached hydrogens (tertiary/aromatic N) is 3. The number of ether oxygens (including phenoxy) is 1. The predicted molar refractivity (Wildman–Crippen MR) is 116 cm³/mol. The van der Waals surface area contributed by atoms with Crippen LogP contribution in [0.15, 0.2) is 36.9 Å². The lowest BCUT2D eigenvalue weighted by Gasteiger charge is -2.41. The molecule has 2 amide bonds. The molecule has 1 aliphatic rings. The van der Waals surface area contributed by atoms with Gasteiger partial charge in [-0.15, -0.1) is 13.2 Å². The molecule has 15 heteroatoms. The molecule has 202 valence electrons. The van der Waals surface area contributed by atoms with Crippen LogP contribution in [0.4, 0.5) is 36.4 Å². The van der Waals surface area contributed by atoms with Gasteiger partial charge in [0.25, 0.3) is 17.4 Å². The van der Waals surface area contributed by atoms with Gasteiger partial charge >= 0.3 is 6.36 Å². The first-order chi connectivity index (χ1) is 17.1. The van der Waals surface area contributed by atoms with Crippen molar-refractivity contribution in [3.05, 3.63) is 48.3 Å². The summed E-state index contributed by atoms with van der Waals surface area (Å²) < 4.78 is 97.8. The number of carbonyl (C=O) groups is 2. The third-order valence-electron chi connectivity index (χ3n) is 5.87. The standard InChI is InChI=1S/C22H20ClF7N4O3/c1-20(12-9-31-11-32-10-12,19(36)33-13-4-6-21(26,27)7-5-13)34(18(35)17(23)25)16-3-2-14(8-15(16)24)37-22(28,29)30/h2-3,8-11,13,17H,4-7H2,1H3,(H,33,36)/t17-,20-/m0/s1. The van der Waals surface area contributed by atoms with Gasteiger partial charge in [0.05, 0.1) is 5.69 Å². The molecule has 0 aliphatic heterocycles. The van der Waals surface area contributed by atoms with E-state index in [0.717, 1.165) is 25.6 Å². The van der Waals surface area contributed by atoms with Crippen LogP contribution in [0.2, 0.25) is 0 Å². The van der Waals surface area contributed by atoms with Crippen LogP contribution in [0.3, 0.4) is 0 Å². The first-order valence-electron chi connectivity index (χ1n) is 10.8. The van der Waals surface area contributed by atoms with Crippen molar-refractivity contribution in [2.45, 2.75) is 62.1 Å². The Kier molecular flexibility index (Phi) is 8.20. The fourth-order valence-electron chi connectivity index (χ4n) is 3.97. The Balaban J connectivity index is 2.10. The average molecular weight is 557 g/mol. The van der Waals surface area contributed by atoms with Crippen molar-refractivity contribution >= 4 is 29.1 Å². The molecule has 1 aromatic carbocycles. The summed E-state index contributed by atoms with van der Waals surface area (Å²) in [5.41, 5.74) is -6.12. The Morgan fingerprint density at radius 2 is 1.78 bits per heavy atom. The second kappa shape index (κ2) is 10.7. The minimum atomic E-state index is -5.16. The van der Waals surface area contributed by atoms with E-state index in [1.807, 2.05) is 0 Å². The summed E-state index contributed by atoms with van der Waals surface area (Å²) in [6, 6.07) is 0.839. The van der Waals surface area contributed by atoms with Gasteiger partial charge in [0, 0.05) is 42.9 Å². The first kappa shape index (κ1) is 28.4. The Morgan fingerprint density at radius 1 is 1.19 bits per heavy atom. The smallest absolute Gasteiger partial charge is 0.406 e. The number of hydrogen-bond donors (Lipinski definition) is 1. The SMILES string of the molecule is C[C@@](C(=O)NC1CCC(F)(F)CC1)(c1cncnc1)N(C(=O)[C@H](F)Cl)c1ccc(OC(F)(F)F)cc1F. The van der Waals surface area contributed by atoms with E-state index in [0.29, 0.717) is 17.0 Å². The highest BCUT2D eigenvalue weighted by Crippen LogP contribution is 2.39. The highest BCUT2D eigenvalue weighted by molar-refractivity contribution is 6.32. The number of aromatic nitrogens is 2. The van der Waals surface area contributed by atoms with Crippen LogP contribution in [0.5, 0.6) is 5.75 Å². The zero-order valence-corrected chi connectivity index (χ0v) is 19.8. The normalized spacial score (nSPS) is 18.4.